The molecule has 1 aromatic heterocycles. The van der Waals surface area contributed by atoms with Crippen molar-refractivity contribution in [2.75, 3.05) is 7.05 Å². The number of alkyl halides is 3. The molecule has 2 N–H and O–H groups in total. The molecule has 0 spiro atoms. The van der Waals surface area contributed by atoms with Crippen molar-refractivity contribution in [1.82, 2.24) is 25.4 Å². The number of nitrogens with one attached hydrogen (secondary N) is 2. The van der Waals surface area contributed by atoms with Crippen LogP contribution in [0.2, 0.25) is 0 Å². The third-order valence-electron chi connectivity index (χ3n) is 3.93. The maximum absolute atomic E-state index is 12.5. The first-order valence-corrected chi connectivity index (χ1v) is 8.69. The second-order valence-electron chi connectivity index (χ2n) is 5.89. The van der Waals surface area contributed by atoms with E-state index < -0.39 is 6.36 Å². The molecular formula is C19H20F3IN6O. The van der Waals surface area contributed by atoms with Crippen LogP contribution in [0, 0.1) is 0 Å². The van der Waals surface area contributed by atoms with Gasteiger partial charge in [-0.1, -0.05) is 36.4 Å². The fourth-order valence-corrected chi connectivity index (χ4v) is 2.62. The highest BCUT2D eigenvalue weighted by molar-refractivity contribution is 14.0. The van der Waals surface area contributed by atoms with Gasteiger partial charge in [0, 0.05) is 24.8 Å². The molecule has 3 rings (SSSR count). The Labute approximate surface area is 188 Å². The van der Waals surface area contributed by atoms with E-state index in [9.17, 15) is 13.2 Å². The van der Waals surface area contributed by atoms with Gasteiger partial charge in [0.15, 0.2) is 11.8 Å². The van der Waals surface area contributed by atoms with Crippen molar-refractivity contribution in [2.24, 2.45) is 4.99 Å². The molecule has 0 saturated heterocycles. The standard InChI is InChI=1S/C19H19F3N6O.HI/c1-23-18(24-11-14-7-5-6-10-16(14)29-19(20,21)22)25-12-17-27-26-13-28(17)15-8-3-2-4-9-15;/h2-10,13H,11-12H2,1H3,(H2,23,24,25);1H. The average Bonchev–Trinajstić information content (AvgIpc) is 3.17. The van der Waals surface area contributed by atoms with E-state index in [1.807, 2.05) is 34.9 Å². The third-order valence-corrected chi connectivity index (χ3v) is 3.93. The summed E-state index contributed by atoms with van der Waals surface area (Å²) in [5.74, 6) is 0.793. The molecule has 0 unspecified atom stereocenters. The SMILES string of the molecule is CN=C(NCc1ccccc1OC(F)(F)F)NCc1nncn1-c1ccccc1.I. The lowest BCUT2D eigenvalue weighted by atomic mass is 10.2. The number of ether oxygens (including phenoxy) is 1. The minimum absolute atomic E-state index is 0. The van der Waals surface area contributed by atoms with Gasteiger partial charge in [0.25, 0.3) is 0 Å². The summed E-state index contributed by atoms with van der Waals surface area (Å²) in [7, 11) is 1.56. The summed E-state index contributed by atoms with van der Waals surface area (Å²) in [6.07, 6.45) is -3.15. The number of rotatable bonds is 6. The van der Waals surface area contributed by atoms with E-state index in [-0.39, 0.29) is 36.3 Å². The highest BCUT2D eigenvalue weighted by Gasteiger charge is 2.31. The second-order valence-corrected chi connectivity index (χ2v) is 5.89. The minimum Gasteiger partial charge on any atom is -0.405 e. The first-order chi connectivity index (χ1) is 14.0. The number of benzene rings is 2. The molecule has 0 saturated carbocycles. The lowest BCUT2D eigenvalue weighted by Gasteiger charge is -2.15. The summed E-state index contributed by atoms with van der Waals surface area (Å²) in [4.78, 5) is 4.08. The largest absolute Gasteiger partial charge is 0.573 e. The molecule has 0 aliphatic carbocycles. The predicted molar refractivity (Wildman–Crippen MR) is 117 cm³/mol. The van der Waals surface area contributed by atoms with Crippen LogP contribution in [0.4, 0.5) is 13.2 Å². The van der Waals surface area contributed by atoms with Crippen LogP contribution in [0.5, 0.6) is 5.75 Å². The van der Waals surface area contributed by atoms with Gasteiger partial charge in [-0.05, 0) is 18.2 Å². The number of para-hydroxylation sites is 2. The van der Waals surface area contributed by atoms with E-state index in [0.717, 1.165) is 5.69 Å². The molecule has 0 bridgehead atoms. The molecule has 0 aliphatic heterocycles. The summed E-state index contributed by atoms with van der Waals surface area (Å²) < 4.78 is 43.5. The Morgan fingerprint density at radius 2 is 1.70 bits per heavy atom. The molecule has 7 nitrogen and oxygen atoms in total. The molecule has 3 aromatic rings. The van der Waals surface area contributed by atoms with Crippen LogP contribution in [-0.2, 0) is 13.1 Å². The Kier molecular flexibility index (Phi) is 8.45. The van der Waals surface area contributed by atoms with Crippen LogP contribution in [0.15, 0.2) is 65.9 Å². The molecule has 0 amide bonds. The maximum Gasteiger partial charge on any atom is 0.573 e. The van der Waals surface area contributed by atoms with Crippen molar-refractivity contribution in [1.29, 1.82) is 0 Å². The molecule has 0 aliphatic rings. The van der Waals surface area contributed by atoms with Crippen molar-refractivity contribution in [3.8, 4) is 11.4 Å². The van der Waals surface area contributed by atoms with Gasteiger partial charge >= 0.3 is 6.36 Å². The van der Waals surface area contributed by atoms with Crippen LogP contribution in [0.25, 0.3) is 5.69 Å². The highest BCUT2D eigenvalue weighted by atomic mass is 127. The van der Waals surface area contributed by atoms with E-state index in [4.69, 9.17) is 0 Å². The van der Waals surface area contributed by atoms with Gasteiger partial charge < -0.3 is 15.4 Å². The smallest absolute Gasteiger partial charge is 0.405 e. The number of nitrogens with zero attached hydrogens (tertiary/aromatic N) is 4. The maximum atomic E-state index is 12.5. The van der Waals surface area contributed by atoms with Crippen LogP contribution < -0.4 is 15.4 Å². The lowest BCUT2D eigenvalue weighted by molar-refractivity contribution is -0.274. The Bertz CT molecular complexity index is 962. The predicted octanol–water partition coefficient (Wildman–Crippen LogP) is 3.65. The monoisotopic (exact) mass is 532 g/mol. The molecule has 0 fully saturated rings. The van der Waals surface area contributed by atoms with Crippen LogP contribution in [0.3, 0.4) is 0 Å². The number of hydrogen-bond donors (Lipinski definition) is 2. The van der Waals surface area contributed by atoms with E-state index in [1.54, 1.807) is 25.5 Å². The van der Waals surface area contributed by atoms with E-state index >= 15 is 0 Å². The number of aliphatic imine (C=N–C) groups is 1. The second kappa shape index (κ2) is 10.8. The summed E-state index contributed by atoms with van der Waals surface area (Å²) >= 11 is 0. The van der Waals surface area contributed by atoms with Crippen LogP contribution in [0.1, 0.15) is 11.4 Å². The van der Waals surface area contributed by atoms with Crippen LogP contribution >= 0.6 is 24.0 Å². The number of hydrogen-bond acceptors (Lipinski definition) is 4. The number of halogens is 4. The Hall–Kier alpha value is -2.83. The van der Waals surface area contributed by atoms with Gasteiger partial charge in [-0.2, -0.15) is 0 Å². The van der Waals surface area contributed by atoms with E-state index in [1.165, 1.54) is 12.1 Å². The molecule has 0 radical (unpaired) electrons. The van der Waals surface area contributed by atoms with Gasteiger partial charge in [-0.15, -0.1) is 47.3 Å². The highest BCUT2D eigenvalue weighted by Crippen LogP contribution is 2.26. The normalized spacial score (nSPS) is 11.5. The van der Waals surface area contributed by atoms with Gasteiger partial charge in [0.05, 0.1) is 6.54 Å². The molecule has 0 atom stereocenters. The van der Waals surface area contributed by atoms with Gasteiger partial charge in [0.2, 0.25) is 0 Å². The summed E-state index contributed by atoms with van der Waals surface area (Å²) in [5.41, 5.74) is 1.26. The summed E-state index contributed by atoms with van der Waals surface area (Å²) in [6.45, 7) is 0.409. The summed E-state index contributed by atoms with van der Waals surface area (Å²) in [6, 6.07) is 15.5. The Morgan fingerprint density at radius 3 is 2.40 bits per heavy atom. The zero-order valence-electron chi connectivity index (χ0n) is 15.9. The first-order valence-electron chi connectivity index (χ1n) is 8.69. The van der Waals surface area contributed by atoms with Crippen molar-refractivity contribution in [2.45, 2.75) is 19.5 Å². The quantitative estimate of drug-likeness (QED) is 0.288. The number of guanidine groups is 1. The van der Waals surface area contributed by atoms with Gasteiger partial charge in [-0.3, -0.25) is 9.56 Å². The first kappa shape index (κ1) is 23.4. The summed E-state index contributed by atoms with van der Waals surface area (Å²) in [5, 5.41) is 14.1. The minimum atomic E-state index is -4.75. The van der Waals surface area contributed by atoms with Crippen molar-refractivity contribution in [3.63, 3.8) is 0 Å². The van der Waals surface area contributed by atoms with Crippen molar-refractivity contribution in [3.05, 3.63) is 72.3 Å². The van der Waals surface area contributed by atoms with Gasteiger partial charge in [0.1, 0.15) is 12.1 Å². The van der Waals surface area contributed by atoms with Gasteiger partial charge in [-0.25, -0.2) is 0 Å². The fourth-order valence-electron chi connectivity index (χ4n) is 2.62. The fraction of sp³-hybridized carbons (Fsp3) is 0.211. The third kappa shape index (κ3) is 6.61. The van der Waals surface area contributed by atoms with E-state index in [0.29, 0.717) is 23.9 Å². The molecular weight excluding hydrogens is 512 g/mol. The zero-order chi connectivity index (χ0) is 20.7. The number of aromatic nitrogens is 3. The molecule has 30 heavy (non-hydrogen) atoms. The molecule has 2 aromatic carbocycles. The van der Waals surface area contributed by atoms with Crippen molar-refractivity contribution >= 4 is 29.9 Å². The molecule has 160 valence electrons. The Morgan fingerprint density at radius 1 is 1.03 bits per heavy atom. The van der Waals surface area contributed by atoms with Crippen molar-refractivity contribution < 1.29 is 17.9 Å². The topological polar surface area (TPSA) is 76.4 Å². The Balaban J connectivity index is 0.00000320. The van der Waals surface area contributed by atoms with E-state index in [2.05, 4.69) is 30.6 Å². The van der Waals surface area contributed by atoms with Crippen LogP contribution in [-0.4, -0.2) is 34.1 Å². The molecule has 1 heterocycles. The zero-order valence-corrected chi connectivity index (χ0v) is 18.3. The lowest BCUT2D eigenvalue weighted by Crippen LogP contribution is -2.37. The average molecular weight is 532 g/mol. The molecule has 11 heteroatoms.